The van der Waals surface area contributed by atoms with Gasteiger partial charge in [-0.2, -0.15) is 0 Å². The lowest BCUT2D eigenvalue weighted by atomic mass is 9.84. The molecule has 1 unspecified atom stereocenters. The summed E-state index contributed by atoms with van der Waals surface area (Å²) in [5.74, 6) is 1.57. The van der Waals surface area contributed by atoms with Crippen molar-refractivity contribution in [3.63, 3.8) is 0 Å². The predicted molar refractivity (Wildman–Crippen MR) is 52.6 cm³/mol. The lowest BCUT2D eigenvalue weighted by Gasteiger charge is -2.24. The second-order valence-corrected chi connectivity index (χ2v) is 4.79. The molecule has 1 nitrogen and oxygen atoms in total. The fraction of sp³-hybridized carbons (Fsp3) is 0.700. The molecule has 0 saturated heterocycles. The molecule has 0 fully saturated rings. The van der Waals surface area contributed by atoms with Gasteiger partial charge in [-0.05, 0) is 31.1 Å². The van der Waals surface area contributed by atoms with Crippen LogP contribution in [0.5, 0.6) is 0 Å². The zero-order valence-corrected chi connectivity index (χ0v) is 8.53. The van der Waals surface area contributed by atoms with Crippen LogP contribution in [0.25, 0.3) is 0 Å². The number of thiazole rings is 1. The number of fused-ring (bicyclic) bond motifs is 1. The van der Waals surface area contributed by atoms with Crippen molar-refractivity contribution in [3.8, 4) is 0 Å². The lowest BCUT2D eigenvalue weighted by molar-refractivity contribution is 0.438. The monoisotopic (exact) mass is 181 g/mol. The summed E-state index contributed by atoms with van der Waals surface area (Å²) in [7, 11) is 0. The molecule has 0 amide bonds. The lowest BCUT2D eigenvalue weighted by Crippen LogP contribution is -2.12. The molecule has 0 bridgehead atoms. The van der Waals surface area contributed by atoms with E-state index < -0.39 is 0 Å². The molecular weight excluding hydrogens is 166 g/mol. The Balaban J connectivity index is 2.31. The molecule has 0 N–H and O–H groups in total. The molecule has 2 heteroatoms. The van der Waals surface area contributed by atoms with Crippen molar-refractivity contribution in [3.05, 3.63) is 16.1 Å². The summed E-state index contributed by atoms with van der Waals surface area (Å²) in [5.41, 5.74) is 3.38. The number of hydrogen-bond acceptors (Lipinski definition) is 2. The molecule has 1 aliphatic carbocycles. The van der Waals surface area contributed by atoms with Crippen LogP contribution in [0.3, 0.4) is 0 Å². The van der Waals surface area contributed by atoms with Crippen LogP contribution >= 0.6 is 11.3 Å². The van der Waals surface area contributed by atoms with Crippen molar-refractivity contribution in [2.45, 2.75) is 39.0 Å². The minimum absolute atomic E-state index is 0.782. The third-order valence-corrected chi connectivity index (χ3v) is 3.75. The molecule has 0 radical (unpaired) electrons. The Morgan fingerprint density at radius 2 is 2.42 bits per heavy atom. The summed E-state index contributed by atoms with van der Waals surface area (Å²) in [5, 5.41) is 0. The molecule has 1 aromatic heterocycles. The first-order valence-electron chi connectivity index (χ1n) is 4.71. The van der Waals surface area contributed by atoms with Gasteiger partial charge in [0.1, 0.15) is 0 Å². The van der Waals surface area contributed by atoms with E-state index in [1.54, 1.807) is 4.88 Å². The highest BCUT2D eigenvalue weighted by molar-refractivity contribution is 7.09. The highest BCUT2D eigenvalue weighted by Gasteiger charge is 2.24. The molecule has 1 atom stereocenters. The van der Waals surface area contributed by atoms with E-state index in [-0.39, 0.29) is 0 Å². The van der Waals surface area contributed by atoms with Gasteiger partial charge in [0, 0.05) is 4.88 Å². The summed E-state index contributed by atoms with van der Waals surface area (Å²) in [6, 6.07) is 0. The van der Waals surface area contributed by atoms with E-state index in [4.69, 9.17) is 0 Å². The SMILES string of the molecule is CC(C)C1CCCc2ncsc21. The number of nitrogens with zero attached hydrogens (tertiary/aromatic N) is 1. The van der Waals surface area contributed by atoms with E-state index in [1.165, 1.54) is 25.0 Å². The van der Waals surface area contributed by atoms with Crippen molar-refractivity contribution in [1.82, 2.24) is 4.98 Å². The predicted octanol–water partition coefficient (Wildman–Crippen LogP) is 3.22. The van der Waals surface area contributed by atoms with Crippen LogP contribution in [-0.2, 0) is 6.42 Å². The van der Waals surface area contributed by atoms with E-state index in [9.17, 15) is 0 Å². The number of aromatic nitrogens is 1. The Labute approximate surface area is 77.8 Å². The van der Waals surface area contributed by atoms with Crippen LogP contribution in [0.1, 0.15) is 43.2 Å². The van der Waals surface area contributed by atoms with Gasteiger partial charge in [0.15, 0.2) is 0 Å². The van der Waals surface area contributed by atoms with Crippen LogP contribution in [0.4, 0.5) is 0 Å². The van der Waals surface area contributed by atoms with Gasteiger partial charge in [-0.15, -0.1) is 11.3 Å². The van der Waals surface area contributed by atoms with Crippen molar-refractivity contribution in [2.75, 3.05) is 0 Å². The molecule has 0 saturated carbocycles. The first-order chi connectivity index (χ1) is 5.79. The summed E-state index contributed by atoms with van der Waals surface area (Å²) in [6.45, 7) is 4.64. The minimum Gasteiger partial charge on any atom is -0.249 e. The summed E-state index contributed by atoms with van der Waals surface area (Å²) in [4.78, 5) is 5.97. The van der Waals surface area contributed by atoms with Crippen LogP contribution in [-0.4, -0.2) is 4.98 Å². The number of hydrogen-bond donors (Lipinski definition) is 0. The Hall–Kier alpha value is -0.370. The first-order valence-corrected chi connectivity index (χ1v) is 5.59. The first kappa shape index (κ1) is 8.24. The molecule has 1 heterocycles. The average molecular weight is 181 g/mol. The molecule has 1 aromatic rings. The van der Waals surface area contributed by atoms with E-state index in [0.29, 0.717) is 0 Å². The van der Waals surface area contributed by atoms with E-state index in [1.807, 2.05) is 16.8 Å². The largest absolute Gasteiger partial charge is 0.249 e. The molecule has 66 valence electrons. The molecule has 0 aliphatic heterocycles. The van der Waals surface area contributed by atoms with Crippen molar-refractivity contribution in [2.24, 2.45) is 5.92 Å². The molecule has 0 aromatic carbocycles. The van der Waals surface area contributed by atoms with Crippen molar-refractivity contribution in [1.29, 1.82) is 0 Å². The van der Waals surface area contributed by atoms with Gasteiger partial charge in [-0.1, -0.05) is 13.8 Å². The molecule has 12 heavy (non-hydrogen) atoms. The van der Waals surface area contributed by atoms with Crippen LogP contribution in [0.15, 0.2) is 5.51 Å². The average Bonchev–Trinajstić information content (AvgIpc) is 2.49. The zero-order chi connectivity index (χ0) is 8.55. The van der Waals surface area contributed by atoms with Crippen molar-refractivity contribution >= 4 is 11.3 Å². The smallest absolute Gasteiger partial charge is 0.0797 e. The van der Waals surface area contributed by atoms with Crippen LogP contribution < -0.4 is 0 Å². The molecular formula is C10H15NS. The van der Waals surface area contributed by atoms with E-state index >= 15 is 0 Å². The molecule has 2 rings (SSSR count). The van der Waals surface area contributed by atoms with Gasteiger partial charge in [-0.25, -0.2) is 4.98 Å². The quantitative estimate of drug-likeness (QED) is 0.648. The van der Waals surface area contributed by atoms with Gasteiger partial charge in [0.2, 0.25) is 0 Å². The third-order valence-electron chi connectivity index (χ3n) is 2.74. The van der Waals surface area contributed by atoms with Gasteiger partial charge in [-0.3, -0.25) is 0 Å². The van der Waals surface area contributed by atoms with Crippen LogP contribution in [0, 0.1) is 5.92 Å². The second-order valence-electron chi connectivity index (χ2n) is 3.91. The Morgan fingerprint density at radius 1 is 1.58 bits per heavy atom. The number of aryl methyl sites for hydroxylation is 1. The Bertz CT molecular complexity index is 265. The maximum atomic E-state index is 4.41. The summed E-state index contributed by atoms with van der Waals surface area (Å²) < 4.78 is 0. The highest BCUT2D eigenvalue weighted by atomic mass is 32.1. The van der Waals surface area contributed by atoms with E-state index in [0.717, 1.165) is 11.8 Å². The minimum atomic E-state index is 0.782. The van der Waals surface area contributed by atoms with Gasteiger partial charge in [0.05, 0.1) is 11.2 Å². The Kier molecular flexibility index (Phi) is 2.18. The molecule has 0 spiro atoms. The summed E-state index contributed by atoms with van der Waals surface area (Å²) >= 11 is 1.85. The van der Waals surface area contributed by atoms with Gasteiger partial charge < -0.3 is 0 Å². The van der Waals surface area contributed by atoms with Crippen molar-refractivity contribution < 1.29 is 0 Å². The van der Waals surface area contributed by atoms with E-state index in [2.05, 4.69) is 18.8 Å². The van der Waals surface area contributed by atoms with Gasteiger partial charge in [0.25, 0.3) is 0 Å². The zero-order valence-electron chi connectivity index (χ0n) is 7.71. The van der Waals surface area contributed by atoms with Gasteiger partial charge >= 0.3 is 0 Å². The maximum Gasteiger partial charge on any atom is 0.0797 e. The standard InChI is InChI=1S/C10H15NS/c1-7(2)8-4-3-5-9-10(8)12-6-11-9/h6-8H,3-5H2,1-2H3. The normalized spacial score (nSPS) is 22.8. The fourth-order valence-corrected chi connectivity index (χ4v) is 3.17. The highest BCUT2D eigenvalue weighted by Crippen LogP contribution is 2.38. The summed E-state index contributed by atoms with van der Waals surface area (Å²) in [6.07, 6.45) is 3.91. The maximum absolute atomic E-state index is 4.41. The Morgan fingerprint density at radius 3 is 3.17 bits per heavy atom. The third kappa shape index (κ3) is 1.28. The van der Waals surface area contributed by atoms with Crippen LogP contribution in [0.2, 0.25) is 0 Å². The fourth-order valence-electron chi connectivity index (χ4n) is 2.02. The molecule has 1 aliphatic rings. The topological polar surface area (TPSA) is 12.9 Å². The second kappa shape index (κ2) is 3.17. The number of rotatable bonds is 1.